The summed E-state index contributed by atoms with van der Waals surface area (Å²) in [6, 6.07) is 4.17. The molecule has 3 rings (SSSR count). The second-order valence-electron chi connectivity index (χ2n) is 5.33. The van der Waals surface area contributed by atoms with Gasteiger partial charge < -0.3 is 4.74 Å². The van der Waals surface area contributed by atoms with Crippen molar-refractivity contribution in [3.63, 3.8) is 0 Å². The number of morpholine rings is 1. The predicted molar refractivity (Wildman–Crippen MR) is 85.5 cm³/mol. The molecule has 1 fully saturated rings. The summed E-state index contributed by atoms with van der Waals surface area (Å²) in [6.07, 6.45) is 2.88. The summed E-state index contributed by atoms with van der Waals surface area (Å²) in [7, 11) is 0. The quantitative estimate of drug-likeness (QED) is 0.868. The van der Waals surface area contributed by atoms with Gasteiger partial charge in [-0.2, -0.15) is 5.10 Å². The Bertz CT molecular complexity index is 619. The molecule has 0 saturated carbocycles. The summed E-state index contributed by atoms with van der Waals surface area (Å²) in [5.74, 6) is 0. The van der Waals surface area contributed by atoms with Gasteiger partial charge in [0.2, 0.25) is 0 Å². The molecule has 4 nitrogen and oxygen atoms in total. The minimum atomic E-state index is 0.222. The van der Waals surface area contributed by atoms with Crippen LogP contribution in [0.5, 0.6) is 0 Å². The number of rotatable bonds is 4. The summed E-state index contributed by atoms with van der Waals surface area (Å²) < 4.78 is 7.42. The maximum atomic E-state index is 6.53. The van der Waals surface area contributed by atoms with E-state index in [9.17, 15) is 0 Å². The third-order valence-electron chi connectivity index (χ3n) is 4.14. The minimum absolute atomic E-state index is 0.222. The Balaban J connectivity index is 2.07. The van der Waals surface area contributed by atoms with E-state index in [1.54, 1.807) is 0 Å². The van der Waals surface area contributed by atoms with E-state index in [1.165, 1.54) is 0 Å². The topological polar surface area (TPSA) is 30.3 Å². The molecule has 1 aromatic heterocycles. The number of nitrogens with zero attached hydrogens (tertiary/aromatic N) is 3. The molecule has 1 radical (unpaired) electrons. The first-order valence-corrected chi connectivity index (χ1v) is 7.89. The Labute approximate surface area is 130 Å². The Morgan fingerprint density at radius 2 is 2.14 bits per heavy atom. The van der Waals surface area contributed by atoms with Crippen molar-refractivity contribution in [1.82, 2.24) is 14.7 Å². The van der Waals surface area contributed by atoms with Crippen molar-refractivity contribution < 1.29 is 4.74 Å². The van der Waals surface area contributed by atoms with Crippen LogP contribution in [0, 0.1) is 6.92 Å². The number of hydrogen-bond acceptors (Lipinski definition) is 3. The van der Waals surface area contributed by atoms with Gasteiger partial charge in [0.1, 0.15) is 0 Å². The lowest BCUT2D eigenvalue weighted by Crippen LogP contribution is -2.39. The summed E-state index contributed by atoms with van der Waals surface area (Å²) in [4.78, 5) is 2.42. The third kappa shape index (κ3) is 2.80. The van der Waals surface area contributed by atoms with Crippen LogP contribution >= 0.6 is 11.6 Å². The first-order valence-electron chi connectivity index (χ1n) is 7.51. The maximum Gasteiger partial charge on any atom is 0.0927 e. The molecule has 1 aliphatic heterocycles. The molecule has 5 heteroatoms. The number of halogens is 1. The van der Waals surface area contributed by atoms with E-state index in [4.69, 9.17) is 16.3 Å². The van der Waals surface area contributed by atoms with Crippen molar-refractivity contribution in [3.8, 4) is 0 Å². The molecule has 1 atom stereocenters. The molecule has 1 saturated heterocycles. The molecule has 21 heavy (non-hydrogen) atoms. The van der Waals surface area contributed by atoms with Gasteiger partial charge in [-0.1, -0.05) is 18.5 Å². The molecule has 0 N–H and O–H groups in total. The zero-order valence-corrected chi connectivity index (χ0v) is 13.1. The monoisotopic (exact) mass is 306 g/mol. The molecule has 0 amide bonds. The van der Waals surface area contributed by atoms with E-state index in [-0.39, 0.29) is 6.04 Å². The Kier molecular flexibility index (Phi) is 4.48. The number of ether oxygens (including phenoxy) is 1. The molecular formula is C16H21ClN3O. The summed E-state index contributed by atoms with van der Waals surface area (Å²) in [6.45, 7) is 10.5. The molecule has 0 spiro atoms. The van der Waals surface area contributed by atoms with Gasteiger partial charge in [-0.05, 0) is 31.0 Å². The highest BCUT2D eigenvalue weighted by Gasteiger charge is 2.25. The number of fused-ring (bicyclic) bond motifs is 1. The fraction of sp³-hybridized carbons (Fsp3) is 0.500. The highest BCUT2D eigenvalue weighted by Crippen LogP contribution is 2.36. The summed E-state index contributed by atoms with van der Waals surface area (Å²) in [5.41, 5.74) is 2.16. The second kappa shape index (κ2) is 6.34. The standard InChI is InChI=1S/C16H21ClN3O/c1-3-15(19-7-9-21-10-8-19)16-12-11-20(4-2)18-14(12)6-5-13(16)17/h5-6,11,15H,1,3-4,7-10H2,2H3. The smallest absolute Gasteiger partial charge is 0.0927 e. The van der Waals surface area contributed by atoms with Crippen LogP contribution in [0.4, 0.5) is 0 Å². The number of hydrogen-bond donors (Lipinski definition) is 0. The van der Waals surface area contributed by atoms with Crippen molar-refractivity contribution in [2.24, 2.45) is 0 Å². The fourth-order valence-corrected chi connectivity index (χ4v) is 3.33. The normalized spacial score (nSPS) is 18.2. The van der Waals surface area contributed by atoms with Crippen molar-refractivity contribution >= 4 is 22.5 Å². The van der Waals surface area contributed by atoms with Gasteiger partial charge in [-0.25, -0.2) is 0 Å². The van der Waals surface area contributed by atoms with Gasteiger partial charge in [0.25, 0.3) is 0 Å². The SMILES string of the molecule is [CH2]CC(c1c(Cl)ccc2nn(CC)cc12)N1CCOCC1. The Hall–Kier alpha value is -1.10. The first-order chi connectivity index (χ1) is 10.2. The number of aromatic nitrogens is 2. The highest BCUT2D eigenvalue weighted by molar-refractivity contribution is 6.32. The van der Waals surface area contributed by atoms with Crippen molar-refractivity contribution in [2.75, 3.05) is 26.3 Å². The van der Waals surface area contributed by atoms with Gasteiger partial charge in [0.05, 0.1) is 18.7 Å². The van der Waals surface area contributed by atoms with E-state index in [1.807, 2.05) is 16.8 Å². The summed E-state index contributed by atoms with van der Waals surface area (Å²) in [5, 5.41) is 6.54. The zero-order valence-electron chi connectivity index (χ0n) is 12.4. The molecule has 1 aromatic carbocycles. The van der Waals surface area contributed by atoms with Gasteiger partial charge in [-0.15, -0.1) is 0 Å². The number of benzene rings is 1. The first kappa shape index (κ1) is 14.8. The Morgan fingerprint density at radius 3 is 2.81 bits per heavy atom. The van der Waals surface area contributed by atoms with Gasteiger partial charge in [-0.3, -0.25) is 9.58 Å². The van der Waals surface area contributed by atoms with E-state index in [2.05, 4.69) is 30.0 Å². The van der Waals surface area contributed by atoms with Crippen molar-refractivity contribution in [3.05, 3.63) is 35.8 Å². The molecular weight excluding hydrogens is 286 g/mol. The zero-order chi connectivity index (χ0) is 14.8. The van der Waals surface area contributed by atoms with Crippen LogP contribution < -0.4 is 0 Å². The van der Waals surface area contributed by atoms with Gasteiger partial charge in [0, 0.05) is 42.3 Å². The lowest BCUT2D eigenvalue weighted by atomic mass is 9.98. The lowest BCUT2D eigenvalue weighted by Gasteiger charge is -2.34. The van der Waals surface area contributed by atoms with E-state index in [0.29, 0.717) is 0 Å². The van der Waals surface area contributed by atoms with Crippen LogP contribution in [-0.4, -0.2) is 41.0 Å². The van der Waals surface area contributed by atoms with Gasteiger partial charge >= 0.3 is 0 Å². The van der Waals surface area contributed by atoms with E-state index >= 15 is 0 Å². The van der Waals surface area contributed by atoms with Crippen LogP contribution in [0.15, 0.2) is 18.3 Å². The van der Waals surface area contributed by atoms with Crippen LogP contribution in [0.1, 0.15) is 24.9 Å². The molecule has 0 bridgehead atoms. The molecule has 2 aromatic rings. The van der Waals surface area contributed by atoms with Crippen LogP contribution in [-0.2, 0) is 11.3 Å². The maximum absolute atomic E-state index is 6.53. The predicted octanol–water partition coefficient (Wildman–Crippen LogP) is 3.31. The third-order valence-corrected chi connectivity index (χ3v) is 4.47. The lowest BCUT2D eigenvalue weighted by molar-refractivity contribution is 0.0168. The average Bonchev–Trinajstić information content (AvgIpc) is 2.94. The average molecular weight is 307 g/mol. The van der Waals surface area contributed by atoms with Crippen molar-refractivity contribution in [2.45, 2.75) is 25.9 Å². The molecule has 113 valence electrons. The summed E-state index contributed by atoms with van der Waals surface area (Å²) >= 11 is 6.53. The number of aryl methyl sites for hydroxylation is 1. The fourth-order valence-electron chi connectivity index (χ4n) is 3.04. The molecule has 1 aliphatic rings. The van der Waals surface area contributed by atoms with E-state index in [0.717, 1.165) is 60.8 Å². The Morgan fingerprint density at radius 1 is 1.38 bits per heavy atom. The highest BCUT2D eigenvalue weighted by atomic mass is 35.5. The second-order valence-corrected chi connectivity index (χ2v) is 5.74. The molecule has 1 unspecified atom stereocenters. The minimum Gasteiger partial charge on any atom is -0.379 e. The van der Waals surface area contributed by atoms with Crippen LogP contribution in [0.25, 0.3) is 10.9 Å². The van der Waals surface area contributed by atoms with Crippen LogP contribution in [0.3, 0.4) is 0 Å². The molecule has 0 aliphatic carbocycles. The van der Waals surface area contributed by atoms with Crippen molar-refractivity contribution in [1.29, 1.82) is 0 Å². The van der Waals surface area contributed by atoms with Crippen LogP contribution in [0.2, 0.25) is 5.02 Å². The molecule has 2 heterocycles. The van der Waals surface area contributed by atoms with Gasteiger partial charge in [0.15, 0.2) is 0 Å². The largest absolute Gasteiger partial charge is 0.379 e. The van der Waals surface area contributed by atoms with E-state index < -0.39 is 0 Å².